The molecule has 0 unspecified atom stereocenters. The summed E-state index contributed by atoms with van der Waals surface area (Å²) in [5, 5.41) is 11.8. The van der Waals surface area contributed by atoms with Crippen molar-refractivity contribution < 1.29 is 42.1 Å². The van der Waals surface area contributed by atoms with Gasteiger partial charge in [0.25, 0.3) is 6.43 Å². The number of ether oxygens (including phenoxy) is 3. The Labute approximate surface area is 181 Å². The fraction of sp³-hybridized carbons (Fsp3) is 0.500. The van der Waals surface area contributed by atoms with Crippen LogP contribution in [0.2, 0.25) is 0 Å². The number of hydrogen-bond acceptors (Lipinski definition) is 8. The number of hydrogen-bond donors (Lipinski definition) is 2. The second-order valence-electron chi connectivity index (χ2n) is 8.26. The average Bonchev–Trinajstić information content (AvgIpc) is 2.63. The van der Waals surface area contributed by atoms with E-state index in [-0.39, 0.29) is 30.2 Å². The Morgan fingerprint density at radius 2 is 1.78 bits per heavy atom. The highest BCUT2D eigenvalue weighted by Gasteiger charge is 2.28. The van der Waals surface area contributed by atoms with Gasteiger partial charge in [-0.05, 0) is 46.8 Å². The van der Waals surface area contributed by atoms with Crippen molar-refractivity contribution in [2.45, 2.75) is 52.2 Å². The number of carboxylic acid groups (broad SMARTS) is 1. The quantitative estimate of drug-likeness (QED) is 0.439. The minimum atomic E-state index is -3.09. The fourth-order valence-corrected chi connectivity index (χ4v) is 2.42. The van der Waals surface area contributed by atoms with Crippen LogP contribution in [-0.4, -0.2) is 51.6 Å². The molecule has 2 N–H and O–H groups in total. The Hall–Kier alpha value is -3.31. The van der Waals surface area contributed by atoms with Gasteiger partial charge in [0.1, 0.15) is 29.9 Å². The maximum Gasteiger partial charge on any atom is 0.508 e. The third kappa shape index (κ3) is 6.59. The highest BCUT2D eigenvalue weighted by molar-refractivity contribution is 5.89. The predicted octanol–water partition coefficient (Wildman–Crippen LogP) is 4.31. The summed E-state index contributed by atoms with van der Waals surface area (Å²) in [6, 6.07) is 2.22. The van der Waals surface area contributed by atoms with Crippen LogP contribution >= 0.6 is 0 Å². The van der Waals surface area contributed by atoms with Crippen molar-refractivity contribution in [1.29, 1.82) is 0 Å². The lowest BCUT2D eigenvalue weighted by molar-refractivity contribution is -0.141. The minimum absolute atomic E-state index is 0.0469. The largest absolute Gasteiger partial charge is 0.508 e. The molecule has 0 atom stereocenters. The molecular formula is C20H24F3N3O6. The zero-order valence-corrected chi connectivity index (χ0v) is 18.2. The summed E-state index contributed by atoms with van der Waals surface area (Å²) in [5.74, 6) is -3.51. The molecule has 1 aromatic heterocycles. The molecule has 0 saturated heterocycles. The summed E-state index contributed by atoms with van der Waals surface area (Å²) in [6.45, 7) is 7.07. The Morgan fingerprint density at radius 1 is 1.12 bits per heavy atom. The maximum absolute atomic E-state index is 14.6. The van der Waals surface area contributed by atoms with E-state index in [1.165, 1.54) is 19.9 Å². The molecule has 32 heavy (non-hydrogen) atoms. The number of rotatable bonds is 8. The van der Waals surface area contributed by atoms with E-state index >= 15 is 0 Å². The van der Waals surface area contributed by atoms with Crippen molar-refractivity contribution in [2.75, 3.05) is 18.5 Å². The fourth-order valence-electron chi connectivity index (χ4n) is 2.42. The molecule has 1 heterocycles. The number of nitrogens with zero attached hydrogens (tertiary/aromatic N) is 2. The third-order valence-electron chi connectivity index (χ3n) is 3.85. The summed E-state index contributed by atoms with van der Waals surface area (Å²) in [7, 11) is 0. The van der Waals surface area contributed by atoms with Gasteiger partial charge in [-0.3, -0.25) is 0 Å². The topological polar surface area (TPSA) is 120 Å². The van der Waals surface area contributed by atoms with Crippen molar-refractivity contribution >= 4 is 28.7 Å². The van der Waals surface area contributed by atoms with Crippen LogP contribution in [0.25, 0.3) is 10.9 Å². The summed E-state index contributed by atoms with van der Waals surface area (Å²) in [5.41, 5.74) is -2.60. The number of nitrogens with one attached hydrogen (secondary N) is 1. The first-order valence-electron chi connectivity index (χ1n) is 9.49. The highest BCUT2D eigenvalue weighted by atomic mass is 19.3. The van der Waals surface area contributed by atoms with Crippen LogP contribution < -0.4 is 10.1 Å². The number of carboxylic acids is 1. The Bertz CT molecular complexity index is 1010. The molecule has 0 fully saturated rings. The van der Waals surface area contributed by atoms with Gasteiger partial charge in [0.15, 0.2) is 11.6 Å². The number of anilines is 1. The van der Waals surface area contributed by atoms with E-state index in [1.807, 2.05) is 0 Å². The first kappa shape index (κ1) is 25.0. The van der Waals surface area contributed by atoms with E-state index < -0.39 is 46.8 Å². The van der Waals surface area contributed by atoms with Gasteiger partial charge in [-0.25, -0.2) is 27.7 Å². The van der Waals surface area contributed by atoms with Crippen LogP contribution in [-0.2, 0) is 14.3 Å². The highest BCUT2D eigenvalue weighted by Crippen LogP contribution is 2.31. The van der Waals surface area contributed by atoms with Crippen LogP contribution in [0, 0.1) is 5.82 Å². The number of fused-ring (bicyclic) bond motifs is 1. The van der Waals surface area contributed by atoms with Gasteiger partial charge in [-0.2, -0.15) is 4.98 Å². The first-order valence-corrected chi connectivity index (χ1v) is 9.49. The Balaban J connectivity index is 2.31. The maximum atomic E-state index is 14.6. The van der Waals surface area contributed by atoms with E-state index in [4.69, 9.17) is 14.2 Å². The first-order chi connectivity index (χ1) is 14.7. The monoisotopic (exact) mass is 459 g/mol. The van der Waals surface area contributed by atoms with E-state index in [0.717, 1.165) is 6.07 Å². The lowest BCUT2D eigenvalue weighted by Crippen LogP contribution is -2.39. The lowest BCUT2D eigenvalue weighted by atomic mass is 10.1. The zero-order chi connectivity index (χ0) is 24.3. The number of carbonyl (C=O) groups excluding carboxylic acids is 1. The minimum Gasteiger partial charge on any atom is -0.480 e. The van der Waals surface area contributed by atoms with E-state index in [9.17, 15) is 27.9 Å². The van der Waals surface area contributed by atoms with Gasteiger partial charge >= 0.3 is 12.1 Å². The molecular weight excluding hydrogens is 435 g/mol. The summed E-state index contributed by atoms with van der Waals surface area (Å²) in [4.78, 5) is 30.1. The molecule has 0 aliphatic heterocycles. The molecule has 0 radical (unpaired) electrons. The normalized spacial score (nSPS) is 12.0. The second-order valence-corrected chi connectivity index (χ2v) is 8.26. The molecule has 2 rings (SSSR count). The molecule has 2 aromatic rings. The molecule has 0 saturated carbocycles. The van der Waals surface area contributed by atoms with Crippen LogP contribution in [0.15, 0.2) is 12.1 Å². The number of aliphatic carboxylic acids is 1. The summed E-state index contributed by atoms with van der Waals surface area (Å²) in [6.07, 6.45) is -4.04. The molecule has 176 valence electrons. The van der Waals surface area contributed by atoms with Crippen LogP contribution in [0.1, 0.15) is 46.9 Å². The van der Waals surface area contributed by atoms with Crippen molar-refractivity contribution in [3.05, 3.63) is 23.8 Å². The van der Waals surface area contributed by atoms with Crippen molar-refractivity contribution in [3.8, 4) is 5.88 Å². The Kier molecular flexibility index (Phi) is 7.37. The number of aromatic nitrogens is 2. The molecule has 0 amide bonds. The van der Waals surface area contributed by atoms with Crippen LogP contribution in [0.4, 0.5) is 23.7 Å². The molecule has 0 aliphatic rings. The smallest absolute Gasteiger partial charge is 0.480 e. The van der Waals surface area contributed by atoms with E-state index in [1.54, 1.807) is 20.8 Å². The summed E-state index contributed by atoms with van der Waals surface area (Å²) >= 11 is 0. The SMILES string of the molecule is CC(C)(C)OC(=O)OCCOc1nc(C(F)F)nc2c(F)cc(NC(C)(C)C(=O)O)cc12. The van der Waals surface area contributed by atoms with E-state index in [0.29, 0.717) is 0 Å². The lowest BCUT2D eigenvalue weighted by Gasteiger charge is -2.23. The van der Waals surface area contributed by atoms with Gasteiger partial charge in [0.05, 0.1) is 5.39 Å². The molecule has 9 nitrogen and oxygen atoms in total. The predicted molar refractivity (Wildman–Crippen MR) is 107 cm³/mol. The third-order valence-corrected chi connectivity index (χ3v) is 3.85. The van der Waals surface area contributed by atoms with Gasteiger partial charge in [-0.15, -0.1) is 0 Å². The van der Waals surface area contributed by atoms with Gasteiger partial charge in [-0.1, -0.05) is 0 Å². The number of benzene rings is 1. The van der Waals surface area contributed by atoms with Crippen molar-refractivity contribution in [1.82, 2.24) is 9.97 Å². The van der Waals surface area contributed by atoms with Gasteiger partial charge < -0.3 is 24.6 Å². The summed E-state index contributed by atoms with van der Waals surface area (Å²) < 4.78 is 56.1. The van der Waals surface area contributed by atoms with Crippen molar-refractivity contribution in [3.63, 3.8) is 0 Å². The van der Waals surface area contributed by atoms with Crippen LogP contribution in [0.5, 0.6) is 5.88 Å². The molecule has 12 heteroatoms. The molecule has 1 aromatic carbocycles. The van der Waals surface area contributed by atoms with E-state index in [2.05, 4.69) is 15.3 Å². The standard InChI is InChI=1S/C20H24F3N3O6/c1-19(2,3)32-18(29)31-7-6-30-16-11-8-10(26-20(4,5)17(27)28)9-12(21)13(11)24-15(25-16)14(22)23/h8-9,14,26H,6-7H2,1-5H3,(H,27,28). The molecule has 0 bridgehead atoms. The Morgan fingerprint density at radius 3 is 2.34 bits per heavy atom. The van der Waals surface area contributed by atoms with Gasteiger partial charge in [0.2, 0.25) is 5.88 Å². The van der Waals surface area contributed by atoms with Crippen LogP contribution in [0.3, 0.4) is 0 Å². The molecule has 0 spiro atoms. The number of alkyl halides is 2. The average molecular weight is 459 g/mol. The zero-order valence-electron chi connectivity index (χ0n) is 18.2. The number of carbonyl (C=O) groups is 2. The van der Waals surface area contributed by atoms with Gasteiger partial charge in [0, 0.05) is 5.69 Å². The molecule has 0 aliphatic carbocycles. The second kappa shape index (κ2) is 9.45. The number of halogens is 3. The van der Waals surface area contributed by atoms with Crippen molar-refractivity contribution in [2.24, 2.45) is 0 Å².